The molecule has 0 aliphatic rings. The molecule has 0 radical (unpaired) electrons. The molecule has 28 valence electrons. The van der Waals surface area contributed by atoms with Gasteiger partial charge in [0.15, 0.2) is 0 Å². The molecular weight excluding hydrogens is 71.0 g/mol. The van der Waals surface area contributed by atoms with Crippen molar-refractivity contribution in [3.8, 4) is 0 Å². The van der Waals surface area contributed by atoms with Crippen LogP contribution in [0.15, 0.2) is 0 Å². The summed E-state index contributed by atoms with van der Waals surface area (Å²) in [5.41, 5.74) is 0. The van der Waals surface area contributed by atoms with Crippen molar-refractivity contribution in [2.75, 3.05) is 0 Å². The summed E-state index contributed by atoms with van der Waals surface area (Å²) < 4.78 is 0. The van der Waals surface area contributed by atoms with Gasteiger partial charge in [-0.3, -0.25) is 0 Å². The van der Waals surface area contributed by atoms with Crippen LogP contribution in [0.5, 0.6) is 0 Å². The van der Waals surface area contributed by atoms with Gasteiger partial charge in [0.1, 0.15) is 0 Å². The van der Waals surface area contributed by atoms with Crippen LogP contribution < -0.4 is 0 Å². The zero-order chi connectivity index (χ0) is 3.58. The average Bonchev–Trinajstić information content (AvgIpc) is 0.811. The zero-order valence-corrected chi connectivity index (χ0v) is 1.71. The predicted molar refractivity (Wildman–Crippen MR) is 17.3 cm³/mol. The van der Waals surface area contributed by atoms with Gasteiger partial charge in [0.2, 0.25) is 0 Å². The molecule has 0 saturated heterocycles. The molecule has 0 aromatic rings. The first kappa shape index (κ1) is 8.84. The summed E-state index contributed by atoms with van der Waals surface area (Å²) in [6.45, 7) is 0. The van der Waals surface area contributed by atoms with Crippen LogP contribution in [0.25, 0.3) is 0 Å². The molecule has 1 N–H and O–H groups in total. The first-order chi connectivity index (χ1) is 1.73. The van der Waals surface area contributed by atoms with Crippen LogP contribution in [0.1, 0.15) is 0 Å². The summed E-state index contributed by atoms with van der Waals surface area (Å²) in [7, 11) is 0. The van der Waals surface area contributed by atoms with Crippen LogP contribution in [0.4, 0.5) is 0 Å². The third-order valence-corrected chi connectivity index (χ3v) is 0. The van der Waals surface area contributed by atoms with E-state index in [-0.39, 0.29) is 10.1 Å². The Labute approximate surface area is 31.7 Å². The van der Waals surface area contributed by atoms with E-state index in [0.717, 1.165) is 0 Å². The summed E-state index contributed by atoms with van der Waals surface area (Å²) in [6, 6.07) is 0. The Kier molecular flexibility index (Phi) is 5.95. The second-order valence-corrected chi connectivity index (χ2v) is 0.238. The van der Waals surface area contributed by atoms with Crippen molar-refractivity contribution < 1.29 is 10.3 Å². The van der Waals surface area contributed by atoms with E-state index in [2.05, 4.69) is 0 Å². The van der Waals surface area contributed by atoms with E-state index in [1.165, 1.54) is 0 Å². The molecule has 0 aromatic heterocycles. The number of hydrogen-bond acceptors (Lipinski definition) is 2. The molecule has 0 atom stereocenters. The van der Waals surface area contributed by atoms with Crippen molar-refractivity contribution in [1.82, 2.24) is 0 Å². The van der Waals surface area contributed by atoms with Crippen LogP contribution in [0.2, 0.25) is 0 Å². The summed E-state index contributed by atoms with van der Waals surface area (Å²) >= 11 is 0. The second-order valence-electron chi connectivity index (χ2n) is 0.238. The van der Waals surface area contributed by atoms with Gasteiger partial charge in [-0.25, -0.2) is 0 Å². The molecule has 0 aromatic carbocycles. The maximum absolute atomic E-state index is 8.36. The van der Waals surface area contributed by atoms with Gasteiger partial charge < -0.3 is 5.21 Å². The molecule has 0 spiro atoms. The van der Waals surface area contributed by atoms with E-state index in [4.69, 9.17) is 15.3 Å². The van der Waals surface area contributed by atoms with Crippen molar-refractivity contribution in [3.05, 3.63) is 10.1 Å². The second kappa shape index (κ2) is 3.37. The molecule has 0 aliphatic carbocycles. The molecule has 0 saturated carbocycles. The number of hydrogen-bond donors (Lipinski definition) is 1. The molecule has 0 fully saturated rings. The van der Waals surface area contributed by atoms with E-state index >= 15 is 0 Å². The standard InChI is InChI=1S/Be.HNO3.2H/c;2-1(3)4;;/h;(H,2,3,4);;. The summed E-state index contributed by atoms with van der Waals surface area (Å²) in [5.74, 6) is 0. The maximum atomic E-state index is 8.36. The van der Waals surface area contributed by atoms with Gasteiger partial charge >= 0.3 is 10.1 Å². The number of rotatable bonds is 0. The van der Waals surface area contributed by atoms with Gasteiger partial charge in [-0.2, -0.15) is 0 Å². The fourth-order valence-corrected chi connectivity index (χ4v) is 0. The van der Waals surface area contributed by atoms with Crippen LogP contribution in [-0.4, -0.2) is 20.4 Å². The monoisotopic (exact) mass is 74.0 g/mol. The SMILES string of the molecule is O=[N+]([O-])O.[BeH2]. The third-order valence-electron chi connectivity index (χ3n) is 0. The molecule has 0 rings (SSSR count). The van der Waals surface area contributed by atoms with E-state index in [1.54, 1.807) is 0 Å². The minimum absolute atomic E-state index is 0. The van der Waals surface area contributed by atoms with E-state index in [9.17, 15) is 0 Å². The van der Waals surface area contributed by atoms with Gasteiger partial charge in [0.25, 0.3) is 5.09 Å². The van der Waals surface area contributed by atoms with Crippen LogP contribution in [0.3, 0.4) is 0 Å². The first-order valence-electron chi connectivity index (χ1n) is 0.565. The van der Waals surface area contributed by atoms with Gasteiger partial charge in [-0.1, -0.05) is 0 Å². The summed E-state index contributed by atoms with van der Waals surface area (Å²) in [5, 5.41) is 13.6. The number of nitrogens with zero attached hydrogens (tertiary/aromatic N) is 1. The van der Waals surface area contributed by atoms with Crippen molar-refractivity contribution in [1.29, 1.82) is 0 Å². The van der Waals surface area contributed by atoms with Crippen molar-refractivity contribution in [2.24, 2.45) is 0 Å². The Bertz CT molecular complexity index is 29.9. The molecule has 0 bridgehead atoms. The molecular formula is H3BeNO3. The Hall–Kier alpha value is -0.631. The molecule has 0 unspecified atom stereocenters. The molecule has 5 heteroatoms. The van der Waals surface area contributed by atoms with Gasteiger partial charge in [-0.15, -0.1) is 10.1 Å². The molecule has 0 heterocycles. The van der Waals surface area contributed by atoms with E-state index in [0.29, 0.717) is 0 Å². The van der Waals surface area contributed by atoms with Gasteiger partial charge in [-0.05, 0) is 0 Å². The van der Waals surface area contributed by atoms with E-state index in [1.807, 2.05) is 0 Å². The van der Waals surface area contributed by atoms with Gasteiger partial charge in [0, 0.05) is 0 Å². The zero-order valence-electron chi connectivity index (χ0n) is 1.71. The quantitative estimate of drug-likeness (QED) is 0.221. The van der Waals surface area contributed by atoms with Crippen molar-refractivity contribution >= 4 is 10.1 Å². The Morgan fingerprint density at radius 1 is 1.80 bits per heavy atom. The van der Waals surface area contributed by atoms with E-state index < -0.39 is 5.09 Å². The topological polar surface area (TPSA) is 63.4 Å². The van der Waals surface area contributed by atoms with Crippen LogP contribution in [0, 0.1) is 10.1 Å². The van der Waals surface area contributed by atoms with Crippen LogP contribution in [-0.2, 0) is 0 Å². The van der Waals surface area contributed by atoms with Crippen molar-refractivity contribution in [2.45, 2.75) is 0 Å². The summed E-state index contributed by atoms with van der Waals surface area (Å²) in [4.78, 5) is 8.36. The Morgan fingerprint density at radius 3 is 1.80 bits per heavy atom. The normalized spacial score (nSPS) is 4.80. The Balaban J connectivity index is 0. The first-order valence-corrected chi connectivity index (χ1v) is 0.565. The fourth-order valence-electron chi connectivity index (χ4n) is 0. The predicted octanol–water partition coefficient (Wildman–Crippen LogP) is -1.26. The molecule has 5 heavy (non-hydrogen) atoms. The van der Waals surface area contributed by atoms with Gasteiger partial charge in [0.05, 0.1) is 0 Å². The molecule has 0 amide bonds. The fraction of sp³-hybridized carbons (Fsp3) is 0. The van der Waals surface area contributed by atoms with Crippen molar-refractivity contribution in [3.63, 3.8) is 0 Å². The molecule has 0 aliphatic heterocycles. The molecule has 4 nitrogen and oxygen atoms in total. The summed E-state index contributed by atoms with van der Waals surface area (Å²) in [6.07, 6.45) is 0. The minimum atomic E-state index is -1.50. The van der Waals surface area contributed by atoms with Crippen LogP contribution >= 0.6 is 0 Å². The average molecular weight is 74.0 g/mol. The third kappa shape index (κ3) is 15.8. The Morgan fingerprint density at radius 2 is 1.80 bits per heavy atom.